The molecule has 0 saturated carbocycles. The zero-order valence-electron chi connectivity index (χ0n) is 13.3. The Balaban J connectivity index is 1.56. The smallest absolute Gasteiger partial charge is 0.199 e. The van der Waals surface area contributed by atoms with E-state index in [2.05, 4.69) is 24.8 Å². The molecule has 0 radical (unpaired) electrons. The number of anilines is 1. The zero-order chi connectivity index (χ0) is 17.2. The van der Waals surface area contributed by atoms with Gasteiger partial charge < -0.3 is 19.7 Å². The summed E-state index contributed by atoms with van der Waals surface area (Å²) in [4.78, 5) is 18.0. The molecule has 7 nitrogen and oxygen atoms in total. The lowest BCUT2D eigenvalue weighted by Gasteiger charge is -2.27. The molecule has 3 aromatic heterocycles. The molecule has 2 N–H and O–H groups in total. The quantitative estimate of drug-likeness (QED) is 0.556. The highest BCUT2D eigenvalue weighted by atomic mass is 35.5. The van der Waals surface area contributed by atoms with E-state index in [0.29, 0.717) is 22.1 Å². The summed E-state index contributed by atoms with van der Waals surface area (Å²) in [5.41, 5.74) is 1.79. The van der Waals surface area contributed by atoms with Crippen LogP contribution >= 0.6 is 11.6 Å². The first kappa shape index (κ1) is 15.9. The van der Waals surface area contributed by atoms with Gasteiger partial charge in [-0.3, -0.25) is 4.99 Å². The van der Waals surface area contributed by atoms with Crippen LogP contribution in [0.4, 0.5) is 11.5 Å². The van der Waals surface area contributed by atoms with Crippen LogP contribution in [0.1, 0.15) is 5.56 Å². The standard InChI is InChI=1S/C17H16ClN5O2/c18-14-3-2-12-13(17(24)22-16(12)21-14)10-19-11-1-4-15(20-9-11)23-5-7-25-8-6-23/h1-4,9-10,24H,5-8H2,(H,21,22). The van der Waals surface area contributed by atoms with Gasteiger partial charge in [-0.15, -0.1) is 0 Å². The molecule has 1 aliphatic rings. The normalized spacial score (nSPS) is 15.3. The molecule has 0 bridgehead atoms. The first-order valence-corrected chi connectivity index (χ1v) is 8.28. The van der Waals surface area contributed by atoms with E-state index < -0.39 is 0 Å². The van der Waals surface area contributed by atoms with E-state index in [1.165, 1.54) is 0 Å². The van der Waals surface area contributed by atoms with Gasteiger partial charge in [0, 0.05) is 24.7 Å². The number of aliphatic imine (C=N–C) groups is 1. The number of pyridine rings is 2. The van der Waals surface area contributed by atoms with Gasteiger partial charge in [0.15, 0.2) is 5.88 Å². The number of rotatable bonds is 3. The van der Waals surface area contributed by atoms with Crippen LogP contribution in [0.5, 0.6) is 5.88 Å². The Labute approximate surface area is 149 Å². The number of fused-ring (bicyclic) bond motifs is 1. The molecule has 1 aliphatic heterocycles. The number of hydrogen-bond acceptors (Lipinski definition) is 6. The van der Waals surface area contributed by atoms with Crippen molar-refractivity contribution in [2.45, 2.75) is 0 Å². The Hall–Kier alpha value is -2.64. The van der Waals surface area contributed by atoms with Gasteiger partial charge in [0.05, 0.1) is 30.7 Å². The highest BCUT2D eigenvalue weighted by Gasteiger charge is 2.12. The fraction of sp³-hybridized carbons (Fsp3) is 0.235. The number of halogens is 1. The van der Waals surface area contributed by atoms with Crippen molar-refractivity contribution in [3.63, 3.8) is 0 Å². The van der Waals surface area contributed by atoms with Crippen molar-refractivity contribution in [3.8, 4) is 5.88 Å². The molecule has 1 fully saturated rings. The highest BCUT2D eigenvalue weighted by Crippen LogP contribution is 2.26. The lowest BCUT2D eigenvalue weighted by molar-refractivity contribution is 0.122. The Kier molecular flexibility index (Phi) is 4.25. The molecular formula is C17H16ClN5O2. The molecule has 0 atom stereocenters. The van der Waals surface area contributed by atoms with Crippen molar-refractivity contribution >= 4 is 40.4 Å². The first-order chi connectivity index (χ1) is 12.2. The van der Waals surface area contributed by atoms with Gasteiger partial charge in [0.1, 0.15) is 16.6 Å². The lowest BCUT2D eigenvalue weighted by Crippen LogP contribution is -2.36. The first-order valence-electron chi connectivity index (χ1n) is 7.91. The summed E-state index contributed by atoms with van der Waals surface area (Å²) in [5, 5.41) is 11.2. The van der Waals surface area contributed by atoms with Gasteiger partial charge in [-0.25, -0.2) is 9.97 Å². The Bertz CT molecular complexity index is 917. The molecule has 4 rings (SSSR count). The maximum absolute atomic E-state index is 10.1. The number of nitrogens with one attached hydrogen (secondary N) is 1. The average molecular weight is 358 g/mol. The van der Waals surface area contributed by atoms with E-state index in [-0.39, 0.29) is 5.88 Å². The highest BCUT2D eigenvalue weighted by molar-refractivity contribution is 6.29. The third-order valence-corrected chi connectivity index (χ3v) is 4.26. The summed E-state index contributed by atoms with van der Waals surface area (Å²) in [6.45, 7) is 3.13. The molecular weight excluding hydrogens is 342 g/mol. The molecule has 25 heavy (non-hydrogen) atoms. The van der Waals surface area contributed by atoms with Gasteiger partial charge >= 0.3 is 0 Å². The van der Waals surface area contributed by atoms with Crippen LogP contribution in [0.2, 0.25) is 5.15 Å². The molecule has 128 valence electrons. The summed E-state index contributed by atoms with van der Waals surface area (Å²) >= 11 is 5.87. The number of nitrogens with zero attached hydrogens (tertiary/aromatic N) is 4. The molecule has 0 aromatic carbocycles. The summed E-state index contributed by atoms with van der Waals surface area (Å²) in [5.74, 6) is 0.919. The topological polar surface area (TPSA) is 86.6 Å². The van der Waals surface area contributed by atoms with E-state index in [9.17, 15) is 5.11 Å². The number of morpholine rings is 1. The van der Waals surface area contributed by atoms with Crippen molar-refractivity contribution in [3.05, 3.63) is 41.2 Å². The maximum atomic E-state index is 10.1. The maximum Gasteiger partial charge on any atom is 0.199 e. The third kappa shape index (κ3) is 3.29. The molecule has 0 amide bonds. The molecule has 1 saturated heterocycles. The van der Waals surface area contributed by atoms with Crippen LogP contribution < -0.4 is 4.90 Å². The second kappa shape index (κ2) is 6.70. The second-order valence-electron chi connectivity index (χ2n) is 5.65. The van der Waals surface area contributed by atoms with E-state index >= 15 is 0 Å². The number of H-pyrrole nitrogens is 1. The number of aromatic amines is 1. The van der Waals surface area contributed by atoms with Crippen LogP contribution in [0, 0.1) is 0 Å². The minimum atomic E-state index is 0.00594. The number of aromatic nitrogens is 3. The van der Waals surface area contributed by atoms with Crippen molar-refractivity contribution in [1.29, 1.82) is 0 Å². The molecule has 4 heterocycles. The monoisotopic (exact) mass is 357 g/mol. The predicted molar refractivity (Wildman–Crippen MR) is 97.3 cm³/mol. The summed E-state index contributed by atoms with van der Waals surface area (Å²) in [6.07, 6.45) is 3.30. The van der Waals surface area contributed by atoms with Crippen LogP contribution in [0.25, 0.3) is 11.0 Å². The lowest BCUT2D eigenvalue weighted by atomic mass is 10.2. The van der Waals surface area contributed by atoms with E-state index in [4.69, 9.17) is 16.3 Å². The SMILES string of the molecule is Oc1[nH]c2nc(Cl)ccc2c1C=Nc1ccc(N2CCOCC2)nc1. The summed E-state index contributed by atoms with van der Waals surface area (Å²) in [6, 6.07) is 7.30. The van der Waals surface area contributed by atoms with Crippen molar-refractivity contribution in [2.24, 2.45) is 4.99 Å². The number of aromatic hydroxyl groups is 1. The van der Waals surface area contributed by atoms with E-state index in [0.717, 1.165) is 37.5 Å². The van der Waals surface area contributed by atoms with Crippen LogP contribution in [0.3, 0.4) is 0 Å². The van der Waals surface area contributed by atoms with E-state index in [1.807, 2.05) is 12.1 Å². The minimum absolute atomic E-state index is 0.00594. The van der Waals surface area contributed by atoms with Gasteiger partial charge in [-0.05, 0) is 24.3 Å². The van der Waals surface area contributed by atoms with Crippen molar-refractivity contribution < 1.29 is 9.84 Å². The zero-order valence-corrected chi connectivity index (χ0v) is 14.1. The van der Waals surface area contributed by atoms with Gasteiger partial charge in [0.25, 0.3) is 0 Å². The minimum Gasteiger partial charge on any atom is -0.494 e. The van der Waals surface area contributed by atoms with E-state index in [1.54, 1.807) is 24.5 Å². The third-order valence-electron chi connectivity index (χ3n) is 4.05. The molecule has 3 aromatic rings. The van der Waals surface area contributed by atoms with Crippen LogP contribution in [0.15, 0.2) is 35.5 Å². The van der Waals surface area contributed by atoms with Crippen molar-refractivity contribution in [2.75, 3.05) is 31.2 Å². The Morgan fingerprint density at radius 2 is 2.08 bits per heavy atom. The van der Waals surface area contributed by atoms with Gasteiger partial charge in [-0.1, -0.05) is 11.6 Å². The number of ether oxygens (including phenoxy) is 1. The van der Waals surface area contributed by atoms with Crippen LogP contribution in [-0.2, 0) is 4.74 Å². The Morgan fingerprint density at radius 1 is 1.24 bits per heavy atom. The largest absolute Gasteiger partial charge is 0.494 e. The van der Waals surface area contributed by atoms with Crippen molar-refractivity contribution in [1.82, 2.24) is 15.0 Å². The summed E-state index contributed by atoms with van der Waals surface area (Å²) in [7, 11) is 0. The molecule has 0 aliphatic carbocycles. The molecule has 0 spiro atoms. The fourth-order valence-electron chi connectivity index (χ4n) is 2.76. The number of hydrogen-bond donors (Lipinski definition) is 2. The molecule has 8 heteroatoms. The molecule has 0 unspecified atom stereocenters. The van der Waals surface area contributed by atoms with Gasteiger partial charge in [0.2, 0.25) is 0 Å². The Morgan fingerprint density at radius 3 is 2.84 bits per heavy atom. The fourth-order valence-corrected chi connectivity index (χ4v) is 2.91. The average Bonchev–Trinajstić information content (AvgIpc) is 2.95. The predicted octanol–water partition coefficient (Wildman–Crippen LogP) is 2.90. The summed E-state index contributed by atoms with van der Waals surface area (Å²) < 4.78 is 5.35. The van der Waals surface area contributed by atoms with Gasteiger partial charge in [-0.2, -0.15) is 0 Å². The van der Waals surface area contributed by atoms with Crippen LogP contribution in [-0.4, -0.2) is 52.6 Å². The second-order valence-corrected chi connectivity index (χ2v) is 6.04.